The number of nitrogens with one attached hydrogen (secondary N) is 1. The molecule has 5 nitrogen and oxygen atoms in total. The van der Waals surface area contributed by atoms with Crippen molar-refractivity contribution in [3.8, 4) is 5.75 Å². The van der Waals surface area contributed by atoms with Crippen LogP contribution in [0.15, 0.2) is 42.5 Å². The molecule has 8 heteroatoms. The number of halogens is 3. The second-order valence-electron chi connectivity index (χ2n) is 7.93. The minimum atomic E-state index is -0.599. The van der Waals surface area contributed by atoms with Crippen molar-refractivity contribution >= 4 is 57.6 Å². The first-order chi connectivity index (χ1) is 15.4. The molecule has 32 heavy (non-hydrogen) atoms. The Bertz CT molecular complexity index is 933. The maximum Gasteiger partial charge on any atom is 0.261 e. The van der Waals surface area contributed by atoms with Crippen LogP contribution in [0.1, 0.15) is 44.6 Å². The molecule has 0 aliphatic heterocycles. The first kappa shape index (κ1) is 25.1. The minimum absolute atomic E-state index is 0.123. The molecule has 2 aromatic carbocycles. The van der Waals surface area contributed by atoms with Crippen molar-refractivity contribution in [2.24, 2.45) is 0 Å². The fraction of sp³-hybridized carbons (Fsp3) is 0.417. The fourth-order valence-electron chi connectivity index (χ4n) is 3.88. The van der Waals surface area contributed by atoms with Gasteiger partial charge in [0, 0.05) is 16.2 Å². The number of ether oxygens (including phenoxy) is 1. The Hall–Kier alpha value is -1.51. The Morgan fingerprint density at radius 2 is 1.81 bits per heavy atom. The molecule has 3 rings (SSSR count). The van der Waals surface area contributed by atoms with E-state index in [2.05, 4.69) is 27.9 Å². The molecule has 1 N–H and O–H groups in total. The van der Waals surface area contributed by atoms with Gasteiger partial charge in [0.15, 0.2) is 6.61 Å². The van der Waals surface area contributed by atoms with E-state index in [1.165, 1.54) is 0 Å². The highest BCUT2D eigenvalue weighted by molar-refractivity contribution is 14.1. The molecule has 1 aliphatic rings. The lowest BCUT2D eigenvalue weighted by Crippen LogP contribution is -2.52. The van der Waals surface area contributed by atoms with Crippen molar-refractivity contribution in [3.05, 3.63) is 61.6 Å². The summed E-state index contributed by atoms with van der Waals surface area (Å²) in [6.07, 6.45) is 4.71. The zero-order chi connectivity index (χ0) is 23.1. The topological polar surface area (TPSA) is 58.6 Å². The van der Waals surface area contributed by atoms with E-state index in [-0.39, 0.29) is 31.0 Å². The molecule has 172 valence electrons. The van der Waals surface area contributed by atoms with Crippen LogP contribution in [-0.4, -0.2) is 35.4 Å². The second kappa shape index (κ2) is 12.1. The monoisotopic (exact) mass is 588 g/mol. The number of hydrogen-bond acceptors (Lipinski definition) is 3. The van der Waals surface area contributed by atoms with E-state index in [0.717, 1.165) is 34.8 Å². The standard InChI is InChI=1S/C24H27Cl2IN2O3/c1-2-22(24(31)28-18-5-3-4-6-18)29(14-16-7-12-20(25)21(26)13-16)23(30)15-32-19-10-8-17(27)9-11-19/h7-13,18,22H,2-6,14-15H2,1H3,(H,28,31)/t22-/m1/s1. The Balaban J connectivity index is 1.77. The van der Waals surface area contributed by atoms with Gasteiger partial charge in [0.1, 0.15) is 11.8 Å². The van der Waals surface area contributed by atoms with Crippen LogP contribution in [-0.2, 0) is 16.1 Å². The summed E-state index contributed by atoms with van der Waals surface area (Å²) in [6.45, 7) is 1.99. The van der Waals surface area contributed by atoms with Crippen LogP contribution < -0.4 is 10.1 Å². The van der Waals surface area contributed by atoms with Crippen molar-refractivity contribution < 1.29 is 14.3 Å². The summed E-state index contributed by atoms with van der Waals surface area (Å²) in [4.78, 5) is 27.9. The van der Waals surface area contributed by atoms with Gasteiger partial charge in [-0.1, -0.05) is 49.0 Å². The summed E-state index contributed by atoms with van der Waals surface area (Å²) < 4.78 is 6.80. The fourth-order valence-corrected chi connectivity index (χ4v) is 4.56. The third kappa shape index (κ3) is 6.99. The largest absolute Gasteiger partial charge is 0.484 e. The van der Waals surface area contributed by atoms with Gasteiger partial charge >= 0.3 is 0 Å². The number of rotatable bonds is 9. The zero-order valence-corrected chi connectivity index (χ0v) is 21.6. The molecule has 1 atom stereocenters. The average Bonchev–Trinajstić information content (AvgIpc) is 3.28. The van der Waals surface area contributed by atoms with Gasteiger partial charge in [0.25, 0.3) is 5.91 Å². The third-order valence-electron chi connectivity index (χ3n) is 5.60. The zero-order valence-electron chi connectivity index (χ0n) is 18.0. The molecular formula is C24H27Cl2IN2O3. The molecule has 1 fully saturated rings. The van der Waals surface area contributed by atoms with E-state index in [4.69, 9.17) is 27.9 Å². The average molecular weight is 589 g/mol. The Labute approximate surface area is 212 Å². The number of carbonyl (C=O) groups is 2. The molecule has 0 radical (unpaired) electrons. The molecule has 0 heterocycles. The van der Waals surface area contributed by atoms with Crippen molar-refractivity contribution in [2.45, 2.75) is 57.7 Å². The van der Waals surface area contributed by atoms with Gasteiger partial charge in [-0.25, -0.2) is 0 Å². The van der Waals surface area contributed by atoms with Crippen LogP contribution >= 0.6 is 45.8 Å². The third-order valence-corrected chi connectivity index (χ3v) is 7.06. The van der Waals surface area contributed by atoms with Crippen LogP contribution in [0.3, 0.4) is 0 Å². The van der Waals surface area contributed by atoms with Crippen molar-refractivity contribution in [1.29, 1.82) is 0 Å². The van der Waals surface area contributed by atoms with Crippen LogP contribution in [0.2, 0.25) is 10.0 Å². The quantitative estimate of drug-likeness (QED) is 0.374. The van der Waals surface area contributed by atoms with Crippen molar-refractivity contribution in [3.63, 3.8) is 0 Å². The molecule has 0 unspecified atom stereocenters. The van der Waals surface area contributed by atoms with Gasteiger partial charge in [-0.2, -0.15) is 0 Å². The molecule has 1 aliphatic carbocycles. The smallest absolute Gasteiger partial charge is 0.261 e. The van der Waals surface area contributed by atoms with E-state index < -0.39 is 6.04 Å². The van der Waals surface area contributed by atoms with Crippen molar-refractivity contribution in [1.82, 2.24) is 10.2 Å². The van der Waals surface area contributed by atoms with E-state index >= 15 is 0 Å². The number of benzene rings is 2. The lowest BCUT2D eigenvalue weighted by atomic mass is 10.1. The molecule has 2 amide bonds. The van der Waals surface area contributed by atoms with E-state index in [1.54, 1.807) is 17.0 Å². The van der Waals surface area contributed by atoms with Gasteiger partial charge in [-0.05, 0) is 83.8 Å². The van der Waals surface area contributed by atoms with Crippen molar-refractivity contribution in [2.75, 3.05) is 6.61 Å². The molecule has 0 spiro atoms. The van der Waals surface area contributed by atoms with Gasteiger partial charge in [-0.15, -0.1) is 0 Å². The maximum atomic E-state index is 13.2. The molecule has 2 aromatic rings. The maximum absolute atomic E-state index is 13.2. The first-order valence-corrected chi connectivity index (χ1v) is 12.6. The summed E-state index contributed by atoms with van der Waals surface area (Å²) in [7, 11) is 0. The number of nitrogens with zero attached hydrogens (tertiary/aromatic N) is 1. The highest BCUT2D eigenvalue weighted by Gasteiger charge is 2.31. The minimum Gasteiger partial charge on any atom is -0.484 e. The van der Waals surface area contributed by atoms with Gasteiger partial charge < -0.3 is 15.0 Å². The molecular weight excluding hydrogens is 562 g/mol. The van der Waals surface area contributed by atoms with Gasteiger partial charge in [0.2, 0.25) is 5.91 Å². The Morgan fingerprint density at radius 1 is 1.12 bits per heavy atom. The second-order valence-corrected chi connectivity index (χ2v) is 9.99. The summed E-state index contributed by atoms with van der Waals surface area (Å²) in [6, 6.07) is 12.3. The van der Waals surface area contributed by atoms with Gasteiger partial charge in [-0.3, -0.25) is 9.59 Å². The highest BCUT2D eigenvalue weighted by Crippen LogP contribution is 2.25. The van der Waals surface area contributed by atoms with E-state index in [0.29, 0.717) is 22.2 Å². The van der Waals surface area contributed by atoms with E-state index in [1.807, 2.05) is 37.3 Å². The summed E-state index contributed by atoms with van der Waals surface area (Å²) in [5.74, 6) is 0.224. The summed E-state index contributed by atoms with van der Waals surface area (Å²) >= 11 is 14.4. The van der Waals surface area contributed by atoms with E-state index in [9.17, 15) is 9.59 Å². The number of amides is 2. The number of hydrogen-bond donors (Lipinski definition) is 1. The normalized spacial score (nSPS) is 14.8. The van der Waals surface area contributed by atoms with Crippen LogP contribution in [0.4, 0.5) is 0 Å². The summed E-state index contributed by atoms with van der Waals surface area (Å²) in [5.41, 5.74) is 0.800. The highest BCUT2D eigenvalue weighted by atomic mass is 127. The molecule has 1 saturated carbocycles. The molecule has 0 aromatic heterocycles. The predicted octanol–water partition coefficient (Wildman–Crippen LogP) is 5.84. The van der Waals surface area contributed by atoms with Crippen LogP contribution in [0.25, 0.3) is 0 Å². The Kier molecular flexibility index (Phi) is 9.49. The first-order valence-electron chi connectivity index (χ1n) is 10.8. The summed E-state index contributed by atoms with van der Waals surface area (Å²) in [5, 5.41) is 3.99. The van der Waals surface area contributed by atoms with Crippen LogP contribution in [0, 0.1) is 3.57 Å². The van der Waals surface area contributed by atoms with Gasteiger partial charge in [0.05, 0.1) is 10.0 Å². The van der Waals surface area contributed by atoms with Crippen LogP contribution in [0.5, 0.6) is 5.75 Å². The Morgan fingerprint density at radius 3 is 2.44 bits per heavy atom. The lowest BCUT2D eigenvalue weighted by Gasteiger charge is -2.31. The number of carbonyl (C=O) groups excluding carboxylic acids is 2. The molecule has 0 saturated heterocycles. The molecule has 0 bridgehead atoms. The predicted molar refractivity (Wildman–Crippen MR) is 136 cm³/mol. The SMILES string of the molecule is CC[C@H](C(=O)NC1CCCC1)N(Cc1ccc(Cl)c(Cl)c1)C(=O)COc1ccc(I)cc1. The lowest BCUT2D eigenvalue weighted by molar-refractivity contribution is -0.143.